The van der Waals surface area contributed by atoms with E-state index in [2.05, 4.69) is 4.90 Å². The fourth-order valence-electron chi connectivity index (χ4n) is 3.97. The van der Waals surface area contributed by atoms with Crippen molar-refractivity contribution < 1.29 is 13.3 Å². The van der Waals surface area contributed by atoms with E-state index in [4.69, 9.17) is 0 Å². The molecule has 2 heterocycles. The molecule has 0 aromatic heterocycles. The molecule has 0 N–H and O–H groups in total. The van der Waals surface area contributed by atoms with Crippen LogP contribution in [0.1, 0.15) is 30.4 Å². The van der Waals surface area contributed by atoms with Gasteiger partial charge in [0.1, 0.15) is 0 Å². The van der Waals surface area contributed by atoms with Crippen molar-refractivity contribution in [2.24, 2.45) is 0 Å². The number of benzene rings is 2. The lowest BCUT2D eigenvalue weighted by atomic mass is 10.1. The van der Waals surface area contributed by atoms with E-state index in [9.17, 15) is 18.5 Å². The molecule has 28 heavy (non-hydrogen) atoms. The molecule has 0 bridgehead atoms. The second-order valence-electron chi connectivity index (χ2n) is 7.35. The molecule has 2 aromatic rings. The molecule has 0 unspecified atom stereocenters. The van der Waals surface area contributed by atoms with Gasteiger partial charge in [0.05, 0.1) is 9.82 Å². The van der Waals surface area contributed by atoms with Gasteiger partial charge in [0.25, 0.3) is 5.69 Å². The summed E-state index contributed by atoms with van der Waals surface area (Å²) < 4.78 is 27.4. The molecule has 8 heteroatoms. The van der Waals surface area contributed by atoms with Gasteiger partial charge < -0.3 is 4.90 Å². The third-order valence-electron chi connectivity index (χ3n) is 5.52. The summed E-state index contributed by atoms with van der Waals surface area (Å²) in [5.41, 5.74) is 3.15. The lowest BCUT2D eigenvalue weighted by Crippen LogP contribution is -2.35. The van der Waals surface area contributed by atoms with Crippen LogP contribution >= 0.6 is 0 Å². The zero-order valence-electron chi connectivity index (χ0n) is 15.6. The molecule has 2 aliphatic heterocycles. The molecule has 4 rings (SSSR count). The number of nitro groups is 1. The minimum Gasteiger partial charge on any atom is -0.367 e. The van der Waals surface area contributed by atoms with E-state index >= 15 is 0 Å². The second kappa shape index (κ2) is 7.52. The molecule has 2 aromatic carbocycles. The van der Waals surface area contributed by atoms with E-state index in [0.717, 1.165) is 49.0 Å². The maximum absolute atomic E-state index is 12.9. The molecule has 0 saturated carbocycles. The Morgan fingerprint density at radius 1 is 0.964 bits per heavy atom. The number of sulfonamides is 1. The van der Waals surface area contributed by atoms with Crippen LogP contribution in [0.2, 0.25) is 0 Å². The molecule has 0 spiro atoms. The van der Waals surface area contributed by atoms with Crippen LogP contribution in [0.25, 0.3) is 0 Å². The molecular weight excluding hydrogens is 378 g/mol. The lowest BCUT2D eigenvalue weighted by molar-refractivity contribution is -0.384. The van der Waals surface area contributed by atoms with Gasteiger partial charge in [-0.25, -0.2) is 8.42 Å². The lowest BCUT2D eigenvalue weighted by Gasteiger charge is -2.26. The van der Waals surface area contributed by atoms with E-state index in [1.54, 1.807) is 22.5 Å². The normalized spacial score (nSPS) is 17.5. The highest BCUT2D eigenvalue weighted by atomic mass is 32.2. The molecule has 0 radical (unpaired) electrons. The number of hydrogen-bond acceptors (Lipinski definition) is 5. The van der Waals surface area contributed by atoms with E-state index in [0.29, 0.717) is 24.5 Å². The number of fused-ring (bicyclic) bond motifs is 1. The Balaban J connectivity index is 1.52. The molecule has 1 fully saturated rings. The van der Waals surface area contributed by atoms with Crippen LogP contribution in [0.4, 0.5) is 11.4 Å². The van der Waals surface area contributed by atoms with Gasteiger partial charge in [-0.15, -0.1) is 0 Å². The van der Waals surface area contributed by atoms with Crippen LogP contribution in [0, 0.1) is 10.1 Å². The SMILES string of the molecule is O=[N+]([O-])c1ccc(CN2CCc3cc(S(=O)(=O)N4CCCCC4)ccc32)cc1. The van der Waals surface area contributed by atoms with Crippen LogP contribution in [0.15, 0.2) is 47.4 Å². The highest BCUT2D eigenvalue weighted by Gasteiger charge is 2.28. The first-order valence-electron chi connectivity index (χ1n) is 9.56. The van der Waals surface area contributed by atoms with E-state index < -0.39 is 14.9 Å². The predicted molar refractivity (Wildman–Crippen MR) is 107 cm³/mol. The summed E-state index contributed by atoms with van der Waals surface area (Å²) >= 11 is 0. The van der Waals surface area contributed by atoms with E-state index in [1.165, 1.54) is 12.1 Å². The highest BCUT2D eigenvalue weighted by molar-refractivity contribution is 7.89. The first-order chi connectivity index (χ1) is 13.4. The summed E-state index contributed by atoms with van der Waals surface area (Å²) in [4.78, 5) is 13.0. The number of anilines is 1. The van der Waals surface area contributed by atoms with E-state index in [-0.39, 0.29) is 5.69 Å². The Hall–Kier alpha value is -2.45. The Morgan fingerprint density at radius 2 is 1.68 bits per heavy atom. The number of piperidine rings is 1. The largest absolute Gasteiger partial charge is 0.367 e. The summed E-state index contributed by atoms with van der Waals surface area (Å²) in [5, 5.41) is 10.8. The topological polar surface area (TPSA) is 83.8 Å². The van der Waals surface area contributed by atoms with Gasteiger partial charge in [0.15, 0.2) is 0 Å². The van der Waals surface area contributed by atoms with Crippen molar-refractivity contribution in [2.45, 2.75) is 37.1 Å². The Kier molecular flexibility index (Phi) is 5.07. The van der Waals surface area contributed by atoms with Crippen molar-refractivity contribution in [1.29, 1.82) is 0 Å². The first-order valence-corrected chi connectivity index (χ1v) is 11.0. The Morgan fingerprint density at radius 3 is 2.36 bits per heavy atom. The van der Waals surface area contributed by atoms with Crippen molar-refractivity contribution in [2.75, 3.05) is 24.5 Å². The fourth-order valence-corrected chi connectivity index (χ4v) is 5.54. The van der Waals surface area contributed by atoms with E-state index in [1.807, 2.05) is 12.1 Å². The number of non-ortho nitro benzene ring substituents is 1. The van der Waals surface area contributed by atoms with Gasteiger partial charge in [-0.3, -0.25) is 10.1 Å². The molecule has 0 aliphatic carbocycles. The van der Waals surface area contributed by atoms with Gasteiger partial charge >= 0.3 is 0 Å². The van der Waals surface area contributed by atoms with Gasteiger partial charge in [-0.2, -0.15) is 4.31 Å². The fraction of sp³-hybridized carbons (Fsp3) is 0.400. The van der Waals surface area contributed by atoms with Crippen molar-refractivity contribution in [3.05, 3.63) is 63.7 Å². The molecule has 148 valence electrons. The standard InChI is InChI=1S/C20H23N3O4S/c24-23(25)18-6-4-16(5-7-18)15-21-13-10-17-14-19(8-9-20(17)21)28(26,27)22-11-2-1-3-12-22/h4-9,14H,1-3,10-13,15H2. The number of nitro benzene ring substituents is 1. The first kappa shape index (κ1) is 18.9. The number of nitrogens with zero attached hydrogens (tertiary/aromatic N) is 3. The third-order valence-corrected chi connectivity index (χ3v) is 7.41. The minimum absolute atomic E-state index is 0.0816. The summed E-state index contributed by atoms with van der Waals surface area (Å²) in [5.74, 6) is 0. The van der Waals surface area contributed by atoms with Crippen molar-refractivity contribution in [3.8, 4) is 0 Å². The zero-order valence-corrected chi connectivity index (χ0v) is 16.4. The molecule has 0 atom stereocenters. The molecular formula is C20H23N3O4S. The van der Waals surface area contributed by atoms with Crippen LogP contribution in [0.5, 0.6) is 0 Å². The quantitative estimate of drug-likeness (QED) is 0.567. The highest BCUT2D eigenvalue weighted by Crippen LogP contribution is 2.32. The van der Waals surface area contributed by atoms with Crippen LogP contribution < -0.4 is 4.90 Å². The molecule has 2 aliphatic rings. The number of hydrogen-bond donors (Lipinski definition) is 0. The summed E-state index contributed by atoms with van der Waals surface area (Å²) in [7, 11) is -3.42. The molecule has 7 nitrogen and oxygen atoms in total. The van der Waals surface area contributed by atoms with Crippen molar-refractivity contribution >= 4 is 21.4 Å². The average molecular weight is 401 g/mol. The Bertz CT molecular complexity index is 983. The molecule has 0 amide bonds. The average Bonchev–Trinajstić information content (AvgIpc) is 3.11. The summed E-state index contributed by atoms with van der Waals surface area (Å²) in [6, 6.07) is 12.0. The van der Waals surface area contributed by atoms with Gasteiger partial charge in [0.2, 0.25) is 10.0 Å². The third kappa shape index (κ3) is 3.62. The number of rotatable bonds is 5. The maximum atomic E-state index is 12.9. The summed E-state index contributed by atoms with van der Waals surface area (Å²) in [6.07, 6.45) is 3.74. The van der Waals surface area contributed by atoms with Gasteiger partial charge in [-0.1, -0.05) is 18.6 Å². The van der Waals surface area contributed by atoms with Crippen LogP contribution in [0.3, 0.4) is 0 Å². The smallest absolute Gasteiger partial charge is 0.269 e. The van der Waals surface area contributed by atoms with Gasteiger partial charge in [0, 0.05) is 44.0 Å². The van der Waals surface area contributed by atoms with Gasteiger partial charge in [-0.05, 0) is 48.6 Å². The summed E-state index contributed by atoms with van der Waals surface area (Å²) in [6.45, 7) is 2.65. The minimum atomic E-state index is -3.42. The van der Waals surface area contributed by atoms with Crippen LogP contribution in [-0.2, 0) is 23.0 Å². The van der Waals surface area contributed by atoms with Crippen LogP contribution in [-0.4, -0.2) is 37.3 Å². The van der Waals surface area contributed by atoms with Crippen molar-refractivity contribution in [1.82, 2.24) is 4.31 Å². The van der Waals surface area contributed by atoms with Crippen molar-refractivity contribution in [3.63, 3.8) is 0 Å². The second-order valence-corrected chi connectivity index (χ2v) is 9.29. The predicted octanol–water partition coefficient (Wildman–Crippen LogP) is 3.33. The Labute approximate surface area is 164 Å². The zero-order chi connectivity index (χ0) is 19.7. The maximum Gasteiger partial charge on any atom is 0.269 e. The molecule has 1 saturated heterocycles. The monoisotopic (exact) mass is 401 g/mol.